The Bertz CT molecular complexity index is 392. The van der Waals surface area contributed by atoms with Crippen molar-refractivity contribution in [2.45, 2.75) is 25.8 Å². The first-order chi connectivity index (χ1) is 9.31. The van der Waals surface area contributed by atoms with Crippen LogP contribution < -0.4 is 10.1 Å². The van der Waals surface area contributed by atoms with Gasteiger partial charge in [-0.2, -0.15) is 0 Å². The Morgan fingerprint density at radius 1 is 1.26 bits per heavy atom. The number of hydrogen-bond acceptors (Lipinski definition) is 3. The highest BCUT2D eigenvalue weighted by atomic mass is 35.5. The van der Waals surface area contributed by atoms with E-state index in [1.165, 1.54) is 32.4 Å². The second kappa shape index (κ2) is 7.73. The lowest BCUT2D eigenvalue weighted by Crippen LogP contribution is -2.35. The molecule has 4 heteroatoms. The number of methoxy groups -OCH3 is 1. The van der Waals surface area contributed by atoms with Crippen LogP contribution in [0.25, 0.3) is 0 Å². The van der Waals surface area contributed by atoms with E-state index in [1.54, 1.807) is 7.11 Å². The first-order valence-corrected chi connectivity index (χ1v) is 7.43. The predicted octanol–water partition coefficient (Wildman–Crippen LogP) is 2.92. The largest absolute Gasteiger partial charge is 0.496 e. The summed E-state index contributed by atoms with van der Waals surface area (Å²) in [4.78, 5) is 2.53. The summed E-state index contributed by atoms with van der Waals surface area (Å²) in [7, 11) is 1.68. The van der Waals surface area contributed by atoms with E-state index in [0.717, 1.165) is 36.0 Å². The molecule has 0 spiro atoms. The van der Waals surface area contributed by atoms with Crippen LogP contribution in [0.2, 0.25) is 5.02 Å². The molecular formula is C15H23ClN2O. The van der Waals surface area contributed by atoms with Crippen LogP contribution in [0, 0.1) is 0 Å². The number of nitrogens with one attached hydrogen (secondary N) is 1. The Balaban J connectivity index is 1.76. The van der Waals surface area contributed by atoms with Crippen molar-refractivity contribution in [3.63, 3.8) is 0 Å². The SMILES string of the molecule is COc1cccc(Cl)c1CNCCN1CCCCC1. The van der Waals surface area contributed by atoms with Crippen molar-refractivity contribution in [3.05, 3.63) is 28.8 Å². The van der Waals surface area contributed by atoms with E-state index in [2.05, 4.69) is 10.2 Å². The molecule has 0 radical (unpaired) electrons. The summed E-state index contributed by atoms with van der Waals surface area (Å²) in [5.41, 5.74) is 1.05. The van der Waals surface area contributed by atoms with Crippen molar-refractivity contribution in [2.75, 3.05) is 33.3 Å². The number of likely N-dealkylation sites (tertiary alicyclic amines) is 1. The van der Waals surface area contributed by atoms with Crippen LogP contribution in [0.4, 0.5) is 0 Å². The van der Waals surface area contributed by atoms with E-state index in [9.17, 15) is 0 Å². The van der Waals surface area contributed by atoms with Crippen LogP contribution in [-0.2, 0) is 6.54 Å². The number of piperidine rings is 1. The van der Waals surface area contributed by atoms with Gasteiger partial charge in [-0.15, -0.1) is 0 Å². The van der Waals surface area contributed by atoms with E-state index in [-0.39, 0.29) is 0 Å². The lowest BCUT2D eigenvalue weighted by atomic mass is 10.1. The van der Waals surface area contributed by atoms with Gasteiger partial charge in [0.2, 0.25) is 0 Å². The Morgan fingerprint density at radius 2 is 2.05 bits per heavy atom. The maximum absolute atomic E-state index is 6.21. The van der Waals surface area contributed by atoms with Gasteiger partial charge in [-0.1, -0.05) is 24.1 Å². The highest BCUT2D eigenvalue weighted by molar-refractivity contribution is 6.31. The average Bonchev–Trinajstić information content (AvgIpc) is 2.46. The Hall–Kier alpha value is -0.770. The van der Waals surface area contributed by atoms with Crippen molar-refractivity contribution in [1.29, 1.82) is 0 Å². The van der Waals surface area contributed by atoms with E-state index < -0.39 is 0 Å². The molecule has 0 amide bonds. The third kappa shape index (κ3) is 4.37. The molecule has 0 aliphatic carbocycles. The summed E-state index contributed by atoms with van der Waals surface area (Å²) < 4.78 is 5.34. The van der Waals surface area contributed by atoms with Crippen LogP contribution in [0.3, 0.4) is 0 Å². The maximum atomic E-state index is 6.21. The second-order valence-electron chi connectivity index (χ2n) is 5.00. The number of ether oxygens (including phenoxy) is 1. The van der Waals surface area contributed by atoms with Gasteiger partial charge in [0.25, 0.3) is 0 Å². The fourth-order valence-corrected chi connectivity index (χ4v) is 2.77. The summed E-state index contributed by atoms with van der Waals surface area (Å²) in [6, 6.07) is 5.78. The van der Waals surface area contributed by atoms with Gasteiger partial charge in [-0.25, -0.2) is 0 Å². The van der Waals surface area contributed by atoms with Gasteiger partial charge in [-0.3, -0.25) is 0 Å². The van der Waals surface area contributed by atoms with Gasteiger partial charge in [-0.05, 0) is 38.1 Å². The van der Waals surface area contributed by atoms with Crippen molar-refractivity contribution in [2.24, 2.45) is 0 Å². The molecule has 1 heterocycles. The van der Waals surface area contributed by atoms with Gasteiger partial charge in [0.15, 0.2) is 0 Å². The van der Waals surface area contributed by atoms with Crippen LogP contribution in [0.5, 0.6) is 5.75 Å². The maximum Gasteiger partial charge on any atom is 0.124 e. The van der Waals surface area contributed by atoms with Gasteiger partial charge in [0.1, 0.15) is 5.75 Å². The van der Waals surface area contributed by atoms with E-state index in [4.69, 9.17) is 16.3 Å². The summed E-state index contributed by atoms with van der Waals surface area (Å²) >= 11 is 6.21. The normalized spacial score (nSPS) is 16.5. The molecule has 1 aliphatic rings. The number of nitrogens with zero attached hydrogens (tertiary/aromatic N) is 1. The number of halogens is 1. The molecule has 1 aromatic rings. The molecule has 0 bridgehead atoms. The van der Waals surface area contributed by atoms with Gasteiger partial charge in [0.05, 0.1) is 7.11 Å². The Labute approximate surface area is 120 Å². The molecule has 1 fully saturated rings. The summed E-state index contributed by atoms with van der Waals surface area (Å²) in [6.07, 6.45) is 4.08. The van der Waals surface area contributed by atoms with Gasteiger partial charge >= 0.3 is 0 Å². The lowest BCUT2D eigenvalue weighted by molar-refractivity contribution is 0.229. The fourth-order valence-electron chi connectivity index (χ4n) is 2.54. The van der Waals surface area contributed by atoms with Crippen molar-refractivity contribution < 1.29 is 4.74 Å². The molecule has 19 heavy (non-hydrogen) atoms. The highest BCUT2D eigenvalue weighted by Gasteiger charge is 2.10. The average molecular weight is 283 g/mol. The number of hydrogen-bond donors (Lipinski definition) is 1. The topological polar surface area (TPSA) is 24.5 Å². The lowest BCUT2D eigenvalue weighted by Gasteiger charge is -2.26. The molecule has 0 aromatic heterocycles. The van der Waals surface area contributed by atoms with E-state index in [1.807, 2.05) is 18.2 Å². The fraction of sp³-hybridized carbons (Fsp3) is 0.600. The molecule has 106 valence electrons. The predicted molar refractivity (Wildman–Crippen MR) is 80.0 cm³/mol. The smallest absolute Gasteiger partial charge is 0.124 e. The van der Waals surface area contributed by atoms with Crippen LogP contribution in [-0.4, -0.2) is 38.2 Å². The zero-order valence-corrected chi connectivity index (χ0v) is 12.4. The quantitative estimate of drug-likeness (QED) is 0.812. The molecular weight excluding hydrogens is 260 g/mol. The van der Waals surface area contributed by atoms with Crippen molar-refractivity contribution in [3.8, 4) is 5.75 Å². The Morgan fingerprint density at radius 3 is 2.79 bits per heavy atom. The summed E-state index contributed by atoms with van der Waals surface area (Å²) in [6.45, 7) is 5.37. The molecule has 3 nitrogen and oxygen atoms in total. The van der Waals surface area contributed by atoms with Crippen molar-refractivity contribution in [1.82, 2.24) is 10.2 Å². The molecule has 0 atom stereocenters. The molecule has 1 N–H and O–H groups in total. The van der Waals surface area contributed by atoms with Crippen LogP contribution in [0.15, 0.2) is 18.2 Å². The molecule has 1 saturated heterocycles. The molecule has 0 saturated carbocycles. The minimum Gasteiger partial charge on any atom is -0.496 e. The molecule has 0 unspecified atom stereocenters. The zero-order chi connectivity index (χ0) is 13.5. The standard InChI is InChI=1S/C15H23ClN2O/c1-19-15-7-5-6-14(16)13(15)12-17-8-11-18-9-3-2-4-10-18/h5-7,17H,2-4,8-12H2,1H3. The van der Waals surface area contributed by atoms with E-state index in [0.29, 0.717) is 0 Å². The van der Waals surface area contributed by atoms with Gasteiger partial charge in [0, 0.05) is 30.2 Å². The molecule has 1 aromatic carbocycles. The highest BCUT2D eigenvalue weighted by Crippen LogP contribution is 2.25. The molecule has 1 aliphatic heterocycles. The Kier molecular flexibility index (Phi) is 5.95. The number of rotatable bonds is 6. The third-order valence-corrected chi connectivity index (χ3v) is 4.01. The zero-order valence-electron chi connectivity index (χ0n) is 11.6. The van der Waals surface area contributed by atoms with Crippen LogP contribution in [0.1, 0.15) is 24.8 Å². The minimum atomic E-state index is 0.761. The van der Waals surface area contributed by atoms with Crippen LogP contribution >= 0.6 is 11.6 Å². The van der Waals surface area contributed by atoms with Crippen molar-refractivity contribution >= 4 is 11.6 Å². The number of benzene rings is 1. The second-order valence-corrected chi connectivity index (χ2v) is 5.41. The first-order valence-electron chi connectivity index (χ1n) is 7.05. The third-order valence-electron chi connectivity index (χ3n) is 3.65. The summed E-state index contributed by atoms with van der Waals surface area (Å²) in [5, 5.41) is 4.23. The van der Waals surface area contributed by atoms with Gasteiger partial charge < -0.3 is 15.0 Å². The first kappa shape index (κ1) is 14.6. The molecule has 2 rings (SSSR count). The monoisotopic (exact) mass is 282 g/mol. The minimum absolute atomic E-state index is 0.761. The summed E-state index contributed by atoms with van der Waals surface area (Å²) in [5.74, 6) is 0.859. The van der Waals surface area contributed by atoms with E-state index >= 15 is 0 Å².